The third kappa shape index (κ3) is 4.82. The Morgan fingerprint density at radius 3 is 2.85 bits per heavy atom. The SMILES string of the molecule is NC(=O)CONCC1CCOCC1. The Labute approximate surface area is 77.5 Å². The molecular weight excluding hydrogens is 172 g/mol. The number of ether oxygens (including phenoxy) is 1. The molecule has 0 saturated carbocycles. The van der Waals surface area contributed by atoms with Crippen molar-refractivity contribution in [3.05, 3.63) is 0 Å². The lowest BCUT2D eigenvalue weighted by molar-refractivity contribution is -0.125. The molecule has 5 nitrogen and oxygen atoms in total. The van der Waals surface area contributed by atoms with Crippen LogP contribution in [-0.2, 0) is 14.4 Å². The molecule has 1 heterocycles. The fourth-order valence-corrected chi connectivity index (χ4v) is 1.25. The van der Waals surface area contributed by atoms with Crippen molar-refractivity contribution >= 4 is 5.91 Å². The molecule has 1 fully saturated rings. The van der Waals surface area contributed by atoms with Crippen molar-refractivity contribution in [1.29, 1.82) is 0 Å². The second-order valence-corrected chi connectivity index (χ2v) is 3.16. The predicted octanol–water partition coefficient (Wildman–Crippen LogP) is -0.581. The molecule has 0 radical (unpaired) electrons. The predicted molar refractivity (Wildman–Crippen MR) is 46.7 cm³/mol. The summed E-state index contributed by atoms with van der Waals surface area (Å²) in [5, 5.41) is 0. The minimum Gasteiger partial charge on any atom is -0.381 e. The first-order valence-corrected chi connectivity index (χ1v) is 4.49. The summed E-state index contributed by atoms with van der Waals surface area (Å²) in [4.78, 5) is 15.1. The lowest BCUT2D eigenvalue weighted by Crippen LogP contribution is -2.31. The van der Waals surface area contributed by atoms with Gasteiger partial charge >= 0.3 is 0 Å². The molecule has 0 spiro atoms. The van der Waals surface area contributed by atoms with Crippen LogP contribution in [-0.4, -0.2) is 32.3 Å². The molecule has 1 amide bonds. The van der Waals surface area contributed by atoms with Crippen LogP contribution in [0.15, 0.2) is 0 Å². The van der Waals surface area contributed by atoms with Gasteiger partial charge < -0.3 is 10.5 Å². The summed E-state index contributed by atoms with van der Waals surface area (Å²) in [5.74, 6) is 0.126. The molecule has 5 heteroatoms. The second-order valence-electron chi connectivity index (χ2n) is 3.16. The number of nitrogens with two attached hydrogens (primary N) is 1. The minimum absolute atomic E-state index is 0.0663. The topological polar surface area (TPSA) is 73.6 Å². The average Bonchev–Trinajstić information content (AvgIpc) is 2.14. The highest BCUT2D eigenvalue weighted by Gasteiger charge is 2.12. The Hall–Kier alpha value is -0.650. The first kappa shape index (κ1) is 10.4. The van der Waals surface area contributed by atoms with Gasteiger partial charge in [-0.05, 0) is 18.8 Å². The Morgan fingerprint density at radius 1 is 1.54 bits per heavy atom. The zero-order valence-electron chi connectivity index (χ0n) is 7.62. The van der Waals surface area contributed by atoms with Crippen molar-refractivity contribution in [3.8, 4) is 0 Å². The highest BCUT2D eigenvalue weighted by molar-refractivity contribution is 5.74. The van der Waals surface area contributed by atoms with E-state index in [4.69, 9.17) is 15.3 Å². The van der Waals surface area contributed by atoms with Crippen molar-refractivity contribution in [2.45, 2.75) is 12.8 Å². The molecule has 1 rings (SSSR count). The molecule has 13 heavy (non-hydrogen) atoms. The van der Waals surface area contributed by atoms with E-state index in [1.807, 2.05) is 0 Å². The lowest BCUT2D eigenvalue weighted by atomic mass is 10.0. The molecule has 0 aromatic rings. The van der Waals surface area contributed by atoms with E-state index in [0.29, 0.717) is 5.92 Å². The summed E-state index contributed by atoms with van der Waals surface area (Å²) in [6.45, 7) is 2.34. The largest absolute Gasteiger partial charge is 0.381 e. The summed E-state index contributed by atoms with van der Waals surface area (Å²) in [6.07, 6.45) is 2.10. The maximum Gasteiger partial charge on any atom is 0.245 e. The van der Waals surface area contributed by atoms with E-state index in [9.17, 15) is 4.79 Å². The number of hydrogen-bond acceptors (Lipinski definition) is 4. The smallest absolute Gasteiger partial charge is 0.245 e. The molecule has 0 atom stereocenters. The molecule has 0 aliphatic carbocycles. The van der Waals surface area contributed by atoms with Crippen molar-refractivity contribution < 1.29 is 14.4 Å². The third-order valence-electron chi connectivity index (χ3n) is 2.03. The van der Waals surface area contributed by atoms with Crippen LogP contribution >= 0.6 is 0 Å². The summed E-state index contributed by atoms with van der Waals surface area (Å²) < 4.78 is 5.20. The number of nitrogens with one attached hydrogen (secondary N) is 1. The second kappa shape index (κ2) is 5.90. The molecule has 0 unspecified atom stereocenters. The molecule has 0 aromatic heterocycles. The first-order chi connectivity index (χ1) is 6.29. The maximum absolute atomic E-state index is 10.3. The zero-order valence-corrected chi connectivity index (χ0v) is 7.62. The number of carbonyl (C=O) groups is 1. The number of hydroxylamine groups is 1. The quantitative estimate of drug-likeness (QED) is 0.447. The van der Waals surface area contributed by atoms with Crippen LogP contribution in [0.4, 0.5) is 0 Å². The number of primary amides is 1. The van der Waals surface area contributed by atoms with Crippen LogP contribution in [0.2, 0.25) is 0 Å². The zero-order chi connectivity index (χ0) is 9.52. The van der Waals surface area contributed by atoms with E-state index < -0.39 is 5.91 Å². The average molecular weight is 188 g/mol. The Balaban J connectivity index is 1.95. The fraction of sp³-hybridized carbons (Fsp3) is 0.875. The van der Waals surface area contributed by atoms with E-state index >= 15 is 0 Å². The van der Waals surface area contributed by atoms with Crippen molar-refractivity contribution in [3.63, 3.8) is 0 Å². The van der Waals surface area contributed by atoms with Crippen molar-refractivity contribution in [2.24, 2.45) is 11.7 Å². The van der Waals surface area contributed by atoms with Crippen LogP contribution < -0.4 is 11.2 Å². The monoisotopic (exact) mass is 188 g/mol. The van der Waals surface area contributed by atoms with Crippen LogP contribution in [0.5, 0.6) is 0 Å². The minimum atomic E-state index is -0.459. The maximum atomic E-state index is 10.3. The molecule has 76 valence electrons. The molecule has 0 aromatic carbocycles. The van der Waals surface area contributed by atoms with Crippen LogP contribution in [0.3, 0.4) is 0 Å². The highest BCUT2D eigenvalue weighted by atomic mass is 16.6. The van der Waals surface area contributed by atoms with E-state index in [1.165, 1.54) is 0 Å². The van der Waals surface area contributed by atoms with Crippen molar-refractivity contribution in [2.75, 3.05) is 26.4 Å². The molecule has 0 bridgehead atoms. The van der Waals surface area contributed by atoms with Gasteiger partial charge in [0.05, 0.1) is 0 Å². The van der Waals surface area contributed by atoms with Gasteiger partial charge in [0.2, 0.25) is 5.91 Å². The highest BCUT2D eigenvalue weighted by Crippen LogP contribution is 2.12. The standard InChI is InChI=1S/C8H16N2O3/c9-8(11)6-13-10-5-7-1-3-12-4-2-7/h7,10H,1-6H2,(H2,9,11). The van der Waals surface area contributed by atoms with E-state index in [2.05, 4.69) is 5.48 Å². The van der Waals surface area contributed by atoms with Gasteiger partial charge in [0.25, 0.3) is 0 Å². The van der Waals surface area contributed by atoms with E-state index in [1.54, 1.807) is 0 Å². The van der Waals surface area contributed by atoms with Crippen molar-refractivity contribution in [1.82, 2.24) is 5.48 Å². The molecule has 1 aliphatic heterocycles. The molecule has 1 saturated heterocycles. The summed E-state index contributed by atoms with van der Waals surface area (Å²) >= 11 is 0. The van der Waals surface area contributed by atoms with Gasteiger partial charge in [0.1, 0.15) is 6.61 Å². The van der Waals surface area contributed by atoms with Crippen LogP contribution in [0.1, 0.15) is 12.8 Å². The first-order valence-electron chi connectivity index (χ1n) is 4.49. The number of carbonyl (C=O) groups excluding carboxylic acids is 1. The summed E-state index contributed by atoms with van der Waals surface area (Å²) in [5.41, 5.74) is 7.62. The molecule has 1 aliphatic rings. The Bertz CT molecular complexity index is 157. The number of rotatable bonds is 5. The number of hydrogen-bond donors (Lipinski definition) is 2. The summed E-state index contributed by atoms with van der Waals surface area (Å²) in [7, 11) is 0. The third-order valence-corrected chi connectivity index (χ3v) is 2.03. The van der Waals surface area contributed by atoms with Gasteiger partial charge in [-0.15, -0.1) is 0 Å². The Morgan fingerprint density at radius 2 is 2.23 bits per heavy atom. The van der Waals surface area contributed by atoms with Gasteiger partial charge in [-0.1, -0.05) is 0 Å². The van der Waals surface area contributed by atoms with Gasteiger partial charge in [-0.25, -0.2) is 5.48 Å². The van der Waals surface area contributed by atoms with Gasteiger partial charge in [-0.3, -0.25) is 9.63 Å². The van der Waals surface area contributed by atoms with Crippen LogP contribution in [0, 0.1) is 5.92 Å². The number of amides is 1. The Kier molecular flexibility index (Phi) is 4.74. The lowest BCUT2D eigenvalue weighted by Gasteiger charge is -2.21. The van der Waals surface area contributed by atoms with Gasteiger partial charge in [0.15, 0.2) is 0 Å². The molecule has 3 N–H and O–H groups in total. The summed E-state index contributed by atoms with van der Waals surface area (Å²) in [6, 6.07) is 0. The van der Waals surface area contributed by atoms with Crippen LogP contribution in [0.25, 0.3) is 0 Å². The normalized spacial score (nSPS) is 18.8. The molecular formula is C8H16N2O3. The van der Waals surface area contributed by atoms with Gasteiger partial charge in [0, 0.05) is 19.8 Å². The van der Waals surface area contributed by atoms with E-state index in [-0.39, 0.29) is 6.61 Å². The van der Waals surface area contributed by atoms with E-state index in [0.717, 1.165) is 32.6 Å². The fourth-order valence-electron chi connectivity index (χ4n) is 1.25. The van der Waals surface area contributed by atoms with Gasteiger partial charge in [-0.2, -0.15) is 0 Å².